The molecule has 0 saturated carbocycles. The van der Waals surface area contributed by atoms with Crippen LogP contribution in [0.3, 0.4) is 0 Å². The molecule has 7 nitrogen and oxygen atoms in total. The Labute approximate surface area is 186 Å². The second kappa shape index (κ2) is 9.48. The van der Waals surface area contributed by atoms with Gasteiger partial charge in [0.05, 0.1) is 12.5 Å². The standard InChI is InChI=1S/C24H27FN4O3/c1-3-10-29-23(30)19-7-5-4-6-18(19)22(26-29)24(31)28-13-11-27(12-14-28)16-17-8-9-21(32-2)20(25)15-17/h4-9,15H,3,10-14,16H2,1-2H3. The molecule has 2 heterocycles. The van der Waals surface area contributed by atoms with Crippen LogP contribution >= 0.6 is 0 Å². The zero-order valence-electron chi connectivity index (χ0n) is 18.4. The zero-order valence-corrected chi connectivity index (χ0v) is 18.4. The van der Waals surface area contributed by atoms with Gasteiger partial charge in [-0.25, -0.2) is 9.07 Å². The molecule has 1 aliphatic heterocycles. The van der Waals surface area contributed by atoms with Gasteiger partial charge in [-0.05, 0) is 30.2 Å². The average molecular weight is 439 g/mol. The number of rotatable bonds is 6. The van der Waals surface area contributed by atoms with Gasteiger partial charge in [0.1, 0.15) is 0 Å². The molecular weight excluding hydrogens is 411 g/mol. The second-order valence-electron chi connectivity index (χ2n) is 7.96. The first-order valence-corrected chi connectivity index (χ1v) is 10.9. The van der Waals surface area contributed by atoms with Crippen LogP contribution in [0.4, 0.5) is 4.39 Å². The summed E-state index contributed by atoms with van der Waals surface area (Å²) >= 11 is 0. The number of aryl methyl sites for hydroxylation is 1. The average Bonchev–Trinajstić information content (AvgIpc) is 2.81. The quantitative estimate of drug-likeness (QED) is 0.592. The molecule has 8 heteroatoms. The van der Waals surface area contributed by atoms with Crippen LogP contribution in [0.25, 0.3) is 10.8 Å². The van der Waals surface area contributed by atoms with Crippen molar-refractivity contribution in [2.75, 3.05) is 33.3 Å². The minimum absolute atomic E-state index is 0.166. The molecule has 168 valence electrons. The van der Waals surface area contributed by atoms with Crippen LogP contribution in [-0.2, 0) is 13.1 Å². The topological polar surface area (TPSA) is 67.7 Å². The number of piperazine rings is 1. The molecule has 0 spiro atoms. The van der Waals surface area contributed by atoms with E-state index in [1.165, 1.54) is 17.9 Å². The number of amides is 1. The van der Waals surface area contributed by atoms with Gasteiger partial charge in [-0.1, -0.05) is 31.2 Å². The van der Waals surface area contributed by atoms with Crippen LogP contribution < -0.4 is 10.3 Å². The lowest BCUT2D eigenvalue weighted by molar-refractivity contribution is 0.0622. The molecule has 0 atom stereocenters. The van der Waals surface area contributed by atoms with E-state index in [1.807, 2.05) is 19.1 Å². The minimum Gasteiger partial charge on any atom is -0.494 e. The lowest BCUT2D eigenvalue weighted by Crippen LogP contribution is -2.48. The summed E-state index contributed by atoms with van der Waals surface area (Å²) in [6, 6.07) is 12.1. The number of halogens is 1. The number of methoxy groups -OCH3 is 1. The lowest BCUT2D eigenvalue weighted by atomic mass is 10.1. The Bertz CT molecular complexity index is 1190. The molecule has 0 aliphatic carbocycles. The Morgan fingerprint density at radius 1 is 1.09 bits per heavy atom. The van der Waals surface area contributed by atoms with Gasteiger partial charge >= 0.3 is 0 Å². The molecule has 2 aromatic carbocycles. The Morgan fingerprint density at radius 2 is 1.81 bits per heavy atom. The fraction of sp³-hybridized carbons (Fsp3) is 0.375. The molecule has 1 fully saturated rings. The lowest BCUT2D eigenvalue weighted by Gasteiger charge is -2.34. The third-order valence-corrected chi connectivity index (χ3v) is 5.79. The van der Waals surface area contributed by atoms with Crippen LogP contribution in [-0.4, -0.2) is 58.8 Å². The van der Waals surface area contributed by atoms with Crippen molar-refractivity contribution in [3.63, 3.8) is 0 Å². The number of aromatic nitrogens is 2. The van der Waals surface area contributed by atoms with E-state index < -0.39 is 0 Å². The van der Waals surface area contributed by atoms with E-state index in [0.29, 0.717) is 55.7 Å². The maximum Gasteiger partial charge on any atom is 0.275 e. The molecule has 0 N–H and O–H groups in total. The summed E-state index contributed by atoms with van der Waals surface area (Å²) in [5.74, 6) is -0.312. The maximum absolute atomic E-state index is 14.0. The third-order valence-electron chi connectivity index (χ3n) is 5.79. The van der Waals surface area contributed by atoms with Gasteiger partial charge in [-0.2, -0.15) is 5.10 Å². The number of carbonyl (C=O) groups excluding carboxylic acids is 1. The first kappa shape index (κ1) is 22.0. The van der Waals surface area contributed by atoms with E-state index in [4.69, 9.17) is 4.74 Å². The smallest absolute Gasteiger partial charge is 0.275 e. The number of benzene rings is 2. The number of nitrogens with zero attached hydrogens (tertiary/aromatic N) is 4. The molecule has 3 aromatic rings. The highest BCUT2D eigenvalue weighted by Gasteiger charge is 2.26. The summed E-state index contributed by atoms with van der Waals surface area (Å²) in [7, 11) is 1.45. The normalized spacial score (nSPS) is 14.7. The molecular formula is C24H27FN4O3. The molecule has 1 aliphatic rings. The van der Waals surface area contributed by atoms with Gasteiger partial charge in [0, 0.05) is 44.7 Å². The molecule has 0 radical (unpaired) electrons. The summed E-state index contributed by atoms with van der Waals surface area (Å²) in [6.45, 7) is 5.47. The summed E-state index contributed by atoms with van der Waals surface area (Å²) in [6.07, 6.45) is 0.753. The number of hydrogen-bond donors (Lipinski definition) is 0. The van der Waals surface area contributed by atoms with Crippen molar-refractivity contribution < 1.29 is 13.9 Å². The predicted octanol–water partition coefficient (Wildman–Crippen LogP) is 2.91. The molecule has 32 heavy (non-hydrogen) atoms. The minimum atomic E-state index is -0.376. The number of fused-ring (bicyclic) bond motifs is 1. The van der Waals surface area contributed by atoms with Gasteiger partial charge in [-0.15, -0.1) is 0 Å². The van der Waals surface area contributed by atoms with E-state index in [1.54, 1.807) is 29.2 Å². The SMILES string of the molecule is CCCn1nc(C(=O)N2CCN(Cc3ccc(OC)c(F)c3)CC2)c2ccccc2c1=O. The maximum atomic E-state index is 14.0. The first-order chi connectivity index (χ1) is 15.5. The largest absolute Gasteiger partial charge is 0.494 e. The van der Waals surface area contributed by atoms with Crippen LogP contribution in [0.15, 0.2) is 47.3 Å². The first-order valence-electron chi connectivity index (χ1n) is 10.9. The zero-order chi connectivity index (χ0) is 22.7. The highest BCUT2D eigenvalue weighted by atomic mass is 19.1. The summed E-state index contributed by atoms with van der Waals surface area (Å²) in [5.41, 5.74) is 1.01. The molecule has 4 rings (SSSR count). The van der Waals surface area contributed by atoms with Crippen LogP contribution in [0, 0.1) is 5.82 Å². The van der Waals surface area contributed by atoms with Crippen molar-refractivity contribution in [3.05, 3.63) is 69.9 Å². The van der Waals surface area contributed by atoms with E-state index in [0.717, 1.165) is 12.0 Å². The Hall–Kier alpha value is -3.26. The number of hydrogen-bond acceptors (Lipinski definition) is 5. The van der Waals surface area contributed by atoms with Crippen LogP contribution in [0.2, 0.25) is 0 Å². The monoisotopic (exact) mass is 438 g/mol. The highest BCUT2D eigenvalue weighted by Crippen LogP contribution is 2.20. The molecule has 1 amide bonds. The third kappa shape index (κ3) is 4.36. The van der Waals surface area contributed by atoms with Crippen molar-refractivity contribution in [1.29, 1.82) is 0 Å². The second-order valence-corrected chi connectivity index (χ2v) is 7.96. The van der Waals surface area contributed by atoms with Gasteiger partial charge in [0.2, 0.25) is 0 Å². The number of carbonyl (C=O) groups is 1. The van der Waals surface area contributed by atoms with Gasteiger partial charge in [0.25, 0.3) is 11.5 Å². The van der Waals surface area contributed by atoms with Crippen molar-refractivity contribution in [2.24, 2.45) is 0 Å². The van der Waals surface area contributed by atoms with E-state index in [2.05, 4.69) is 10.00 Å². The fourth-order valence-corrected chi connectivity index (χ4v) is 4.08. The summed E-state index contributed by atoms with van der Waals surface area (Å²) < 4.78 is 20.3. The van der Waals surface area contributed by atoms with Crippen molar-refractivity contribution in [2.45, 2.75) is 26.4 Å². The highest BCUT2D eigenvalue weighted by molar-refractivity contribution is 6.04. The molecule has 1 aromatic heterocycles. The number of ether oxygens (including phenoxy) is 1. The summed E-state index contributed by atoms with van der Waals surface area (Å²) in [5, 5.41) is 5.53. The van der Waals surface area contributed by atoms with E-state index in [9.17, 15) is 14.0 Å². The van der Waals surface area contributed by atoms with Crippen LogP contribution in [0.1, 0.15) is 29.4 Å². The molecule has 0 unspecified atom stereocenters. The van der Waals surface area contributed by atoms with Gasteiger partial charge < -0.3 is 9.64 Å². The van der Waals surface area contributed by atoms with Gasteiger partial charge in [-0.3, -0.25) is 14.5 Å². The predicted molar refractivity (Wildman–Crippen MR) is 120 cm³/mol. The van der Waals surface area contributed by atoms with Crippen molar-refractivity contribution in [1.82, 2.24) is 19.6 Å². The Morgan fingerprint density at radius 3 is 2.47 bits per heavy atom. The van der Waals surface area contributed by atoms with Crippen molar-refractivity contribution >= 4 is 16.7 Å². The van der Waals surface area contributed by atoms with E-state index in [-0.39, 0.29) is 23.0 Å². The Balaban J connectivity index is 1.49. The Kier molecular flexibility index (Phi) is 6.50. The fourth-order valence-electron chi connectivity index (χ4n) is 4.08. The van der Waals surface area contributed by atoms with Crippen molar-refractivity contribution in [3.8, 4) is 5.75 Å². The van der Waals surface area contributed by atoms with Crippen LogP contribution in [0.5, 0.6) is 5.75 Å². The molecule has 1 saturated heterocycles. The van der Waals surface area contributed by atoms with Gasteiger partial charge in [0.15, 0.2) is 17.3 Å². The molecule has 0 bridgehead atoms. The van der Waals surface area contributed by atoms with E-state index >= 15 is 0 Å². The summed E-state index contributed by atoms with van der Waals surface area (Å²) in [4.78, 5) is 30.0.